The quantitative estimate of drug-likeness (QED) is 0.787. The SMILES string of the molecule is CCC(CC)CNC(CN)c1ccc(Br)c(Cl)c1. The lowest BCUT2D eigenvalue weighted by atomic mass is 10.0. The van der Waals surface area contributed by atoms with E-state index in [1.165, 1.54) is 12.8 Å². The molecule has 0 aliphatic carbocycles. The van der Waals surface area contributed by atoms with E-state index in [0.29, 0.717) is 12.5 Å². The van der Waals surface area contributed by atoms with Gasteiger partial charge in [-0.2, -0.15) is 0 Å². The summed E-state index contributed by atoms with van der Waals surface area (Å²) < 4.78 is 0.920. The van der Waals surface area contributed by atoms with E-state index < -0.39 is 0 Å². The predicted octanol–water partition coefficient (Wildman–Crippen LogP) is 4.13. The van der Waals surface area contributed by atoms with Crippen LogP contribution in [0.25, 0.3) is 0 Å². The summed E-state index contributed by atoms with van der Waals surface area (Å²) in [6, 6.07) is 6.19. The van der Waals surface area contributed by atoms with Crippen LogP contribution in [0, 0.1) is 5.92 Å². The Kier molecular flexibility index (Phi) is 7.23. The topological polar surface area (TPSA) is 38.0 Å². The molecule has 1 aromatic carbocycles. The van der Waals surface area contributed by atoms with E-state index in [4.69, 9.17) is 17.3 Å². The molecule has 0 saturated carbocycles. The molecule has 1 aromatic rings. The van der Waals surface area contributed by atoms with Crippen LogP contribution in [0.3, 0.4) is 0 Å². The van der Waals surface area contributed by atoms with Crippen molar-refractivity contribution in [2.75, 3.05) is 13.1 Å². The molecule has 0 radical (unpaired) electrons. The highest BCUT2D eigenvalue weighted by molar-refractivity contribution is 9.10. The summed E-state index contributed by atoms with van der Waals surface area (Å²) in [7, 11) is 0. The smallest absolute Gasteiger partial charge is 0.0551 e. The zero-order valence-electron chi connectivity index (χ0n) is 11.0. The van der Waals surface area contributed by atoms with Crippen LogP contribution in [0.4, 0.5) is 0 Å². The van der Waals surface area contributed by atoms with Gasteiger partial charge in [-0.05, 0) is 46.1 Å². The molecule has 0 amide bonds. The van der Waals surface area contributed by atoms with Gasteiger partial charge in [-0.3, -0.25) is 0 Å². The van der Waals surface area contributed by atoms with Gasteiger partial charge in [-0.1, -0.05) is 44.4 Å². The van der Waals surface area contributed by atoms with Gasteiger partial charge >= 0.3 is 0 Å². The second-order valence-corrected chi connectivity index (χ2v) is 5.81. The molecule has 0 aromatic heterocycles. The Morgan fingerprint density at radius 3 is 2.50 bits per heavy atom. The average Bonchev–Trinajstić information content (AvgIpc) is 2.38. The molecule has 0 aliphatic heterocycles. The molecule has 0 heterocycles. The third-order valence-corrected chi connectivity index (χ3v) is 4.62. The van der Waals surface area contributed by atoms with Crippen molar-refractivity contribution < 1.29 is 0 Å². The summed E-state index contributed by atoms with van der Waals surface area (Å²) in [6.07, 6.45) is 2.39. The number of nitrogens with one attached hydrogen (secondary N) is 1. The van der Waals surface area contributed by atoms with Gasteiger partial charge in [-0.15, -0.1) is 0 Å². The minimum atomic E-state index is 0.177. The van der Waals surface area contributed by atoms with Gasteiger partial charge in [0.15, 0.2) is 0 Å². The fourth-order valence-corrected chi connectivity index (χ4v) is 2.39. The Labute approximate surface area is 123 Å². The molecule has 4 heteroatoms. The van der Waals surface area contributed by atoms with Gasteiger partial charge in [0.25, 0.3) is 0 Å². The number of halogens is 2. The summed E-state index contributed by atoms with van der Waals surface area (Å²) >= 11 is 9.52. The first-order valence-corrected chi connectivity index (χ1v) is 7.67. The second-order valence-electron chi connectivity index (χ2n) is 4.55. The molecule has 0 fully saturated rings. The Bertz CT molecular complexity index is 367. The Balaban J connectivity index is 2.67. The fourth-order valence-electron chi connectivity index (χ4n) is 1.95. The first-order valence-electron chi connectivity index (χ1n) is 6.50. The molecule has 1 atom stereocenters. The van der Waals surface area contributed by atoms with E-state index >= 15 is 0 Å². The lowest BCUT2D eigenvalue weighted by Gasteiger charge is -2.21. The van der Waals surface area contributed by atoms with Gasteiger partial charge in [-0.25, -0.2) is 0 Å². The minimum Gasteiger partial charge on any atom is -0.329 e. The van der Waals surface area contributed by atoms with Crippen LogP contribution in [-0.2, 0) is 0 Å². The van der Waals surface area contributed by atoms with E-state index in [1.807, 2.05) is 12.1 Å². The van der Waals surface area contributed by atoms with Crippen LogP contribution in [0.1, 0.15) is 38.3 Å². The molecule has 3 N–H and O–H groups in total. The second kappa shape index (κ2) is 8.16. The summed E-state index contributed by atoms with van der Waals surface area (Å²) in [5.74, 6) is 0.713. The van der Waals surface area contributed by atoms with E-state index in [9.17, 15) is 0 Å². The van der Waals surface area contributed by atoms with Crippen molar-refractivity contribution in [3.8, 4) is 0 Å². The van der Waals surface area contributed by atoms with Gasteiger partial charge in [0.1, 0.15) is 0 Å². The maximum Gasteiger partial charge on any atom is 0.0551 e. The number of nitrogens with two attached hydrogens (primary N) is 1. The van der Waals surface area contributed by atoms with Crippen molar-refractivity contribution in [3.05, 3.63) is 33.3 Å². The van der Waals surface area contributed by atoms with Gasteiger partial charge in [0.05, 0.1) is 5.02 Å². The Morgan fingerprint density at radius 2 is 2.00 bits per heavy atom. The van der Waals surface area contributed by atoms with Crippen LogP contribution < -0.4 is 11.1 Å². The lowest BCUT2D eigenvalue weighted by molar-refractivity contribution is 0.414. The minimum absolute atomic E-state index is 0.177. The van der Waals surface area contributed by atoms with Crippen LogP contribution in [-0.4, -0.2) is 13.1 Å². The molecule has 0 saturated heterocycles. The van der Waals surface area contributed by atoms with E-state index in [-0.39, 0.29) is 6.04 Å². The highest BCUT2D eigenvalue weighted by Gasteiger charge is 2.12. The molecular weight excluding hydrogens is 312 g/mol. The molecule has 0 aliphatic rings. The highest BCUT2D eigenvalue weighted by atomic mass is 79.9. The van der Waals surface area contributed by atoms with Crippen molar-refractivity contribution in [2.45, 2.75) is 32.7 Å². The molecule has 1 rings (SSSR count). The van der Waals surface area contributed by atoms with Gasteiger partial charge < -0.3 is 11.1 Å². The summed E-state index contributed by atoms with van der Waals surface area (Å²) in [6.45, 7) is 6.04. The fraction of sp³-hybridized carbons (Fsp3) is 0.571. The van der Waals surface area contributed by atoms with Crippen molar-refractivity contribution in [1.82, 2.24) is 5.32 Å². The zero-order chi connectivity index (χ0) is 13.5. The third kappa shape index (κ3) is 4.54. The van der Waals surface area contributed by atoms with Crippen molar-refractivity contribution in [2.24, 2.45) is 11.7 Å². The van der Waals surface area contributed by atoms with Crippen molar-refractivity contribution in [1.29, 1.82) is 0 Å². The number of hydrogen-bond acceptors (Lipinski definition) is 2. The monoisotopic (exact) mass is 332 g/mol. The van der Waals surface area contributed by atoms with Crippen molar-refractivity contribution >= 4 is 27.5 Å². The van der Waals surface area contributed by atoms with Gasteiger partial charge in [0.2, 0.25) is 0 Å². The van der Waals surface area contributed by atoms with Gasteiger partial charge in [0, 0.05) is 17.1 Å². The molecule has 2 nitrogen and oxygen atoms in total. The molecular formula is C14H22BrClN2. The third-order valence-electron chi connectivity index (χ3n) is 3.39. The van der Waals surface area contributed by atoms with Crippen LogP contribution >= 0.6 is 27.5 Å². The highest BCUT2D eigenvalue weighted by Crippen LogP contribution is 2.26. The molecule has 102 valence electrons. The zero-order valence-corrected chi connectivity index (χ0v) is 13.4. The van der Waals surface area contributed by atoms with Crippen LogP contribution in [0.15, 0.2) is 22.7 Å². The predicted molar refractivity (Wildman–Crippen MR) is 83.0 cm³/mol. The maximum absolute atomic E-state index is 6.12. The Morgan fingerprint density at radius 1 is 1.33 bits per heavy atom. The summed E-state index contributed by atoms with van der Waals surface area (Å²) in [5.41, 5.74) is 6.99. The normalized spacial score (nSPS) is 13.0. The standard InChI is InChI=1S/C14H22BrClN2/c1-3-10(4-2)9-18-14(8-17)11-5-6-12(15)13(16)7-11/h5-7,10,14,18H,3-4,8-9,17H2,1-2H3. The summed E-state index contributed by atoms with van der Waals surface area (Å²) in [4.78, 5) is 0. The lowest BCUT2D eigenvalue weighted by Crippen LogP contribution is -2.32. The number of rotatable bonds is 7. The number of hydrogen-bond donors (Lipinski definition) is 2. The van der Waals surface area contributed by atoms with Crippen LogP contribution in [0.5, 0.6) is 0 Å². The largest absolute Gasteiger partial charge is 0.329 e. The molecule has 1 unspecified atom stereocenters. The molecule has 0 bridgehead atoms. The van der Waals surface area contributed by atoms with E-state index in [0.717, 1.165) is 21.6 Å². The first kappa shape index (κ1) is 16.0. The summed E-state index contributed by atoms with van der Waals surface area (Å²) in [5, 5.41) is 4.27. The van der Waals surface area contributed by atoms with E-state index in [1.54, 1.807) is 0 Å². The first-order chi connectivity index (χ1) is 8.62. The molecule has 18 heavy (non-hydrogen) atoms. The average molecular weight is 334 g/mol. The van der Waals surface area contributed by atoms with Crippen LogP contribution in [0.2, 0.25) is 5.02 Å². The molecule has 0 spiro atoms. The van der Waals surface area contributed by atoms with Crippen molar-refractivity contribution in [3.63, 3.8) is 0 Å². The number of benzene rings is 1. The maximum atomic E-state index is 6.12. The van der Waals surface area contributed by atoms with E-state index in [2.05, 4.69) is 41.2 Å². The Hall–Kier alpha value is -0.0900.